The zero-order chi connectivity index (χ0) is 23.8. The fraction of sp³-hybridized carbons (Fsp3) is 0.125. The summed E-state index contributed by atoms with van der Waals surface area (Å²) in [6.07, 6.45) is 4.03. The molecule has 0 radical (unpaired) electrons. The number of rotatable bonds is 7. The number of carbonyl (C=O) groups excluding carboxylic acids is 2. The fourth-order valence-electron chi connectivity index (χ4n) is 2.88. The highest BCUT2D eigenvalue weighted by Gasteiger charge is 2.10. The second kappa shape index (κ2) is 11.7. The van der Waals surface area contributed by atoms with Gasteiger partial charge in [0.2, 0.25) is 11.8 Å². The van der Waals surface area contributed by atoms with Crippen molar-refractivity contribution >= 4 is 69.8 Å². The third kappa shape index (κ3) is 7.18. The van der Waals surface area contributed by atoms with Crippen LogP contribution in [-0.2, 0) is 9.59 Å². The molecule has 0 fully saturated rings. The molecule has 9 heteroatoms. The van der Waals surface area contributed by atoms with Crippen LogP contribution in [0.15, 0.2) is 65.1 Å². The van der Waals surface area contributed by atoms with Crippen molar-refractivity contribution in [3.8, 4) is 11.3 Å². The highest BCUT2D eigenvalue weighted by Crippen LogP contribution is 2.34. The Morgan fingerprint density at radius 3 is 2.52 bits per heavy atom. The fourth-order valence-corrected chi connectivity index (χ4v) is 3.49. The lowest BCUT2D eigenvalue weighted by molar-refractivity contribution is -0.116. The second-order valence-corrected chi connectivity index (χ2v) is 8.15. The van der Waals surface area contributed by atoms with Crippen molar-refractivity contribution in [3.05, 3.63) is 76.5 Å². The number of furan rings is 1. The average molecular weight is 502 g/mol. The van der Waals surface area contributed by atoms with Gasteiger partial charge in [0.15, 0.2) is 5.11 Å². The molecular formula is C24H21Cl2N3O3S. The van der Waals surface area contributed by atoms with Crippen molar-refractivity contribution in [1.82, 2.24) is 5.32 Å². The summed E-state index contributed by atoms with van der Waals surface area (Å²) in [7, 11) is 0. The molecule has 2 amide bonds. The average Bonchev–Trinajstić information content (AvgIpc) is 3.23. The van der Waals surface area contributed by atoms with Crippen LogP contribution in [0.2, 0.25) is 10.0 Å². The molecule has 0 bridgehead atoms. The molecule has 0 aliphatic rings. The van der Waals surface area contributed by atoms with Gasteiger partial charge in [-0.2, -0.15) is 0 Å². The van der Waals surface area contributed by atoms with Crippen LogP contribution >= 0.6 is 35.4 Å². The Balaban J connectivity index is 1.56. The largest absolute Gasteiger partial charge is 0.457 e. The Morgan fingerprint density at radius 1 is 1.03 bits per heavy atom. The molecule has 6 nitrogen and oxygen atoms in total. The molecule has 1 heterocycles. The minimum absolute atomic E-state index is 0.0608. The Hall–Kier alpha value is -3.13. The second-order valence-electron chi connectivity index (χ2n) is 6.96. The zero-order valence-electron chi connectivity index (χ0n) is 17.7. The molecule has 3 aromatic rings. The van der Waals surface area contributed by atoms with Gasteiger partial charge in [0.25, 0.3) is 0 Å². The van der Waals surface area contributed by atoms with Gasteiger partial charge < -0.3 is 15.1 Å². The van der Waals surface area contributed by atoms with Crippen molar-refractivity contribution in [1.29, 1.82) is 0 Å². The van der Waals surface area contributed by atoms with E-state index in [-0.39, 0.29) is 11.0 Å². The molecule has 0 saturated carbocycles. The molecule has 0 aliphatic carbocycles. The number of anilines is 2. The number of amides is 2. The van der Waals surface area contributed by atoms with E-state index in [0.717, 1.165) is 6.42 Å². The topological polar surface area (TPSA) is 83.4 Å². The van der Waals surface area contributed by atoms with E-state index in [1.807, 2.05) is 6.92 Å². The molecule has 2 aromatic carbocycles. The van der Waals surface area contributed by atoms with E-state index in [9.17, 15) is 9.59 Å². The molecule has 0 aliphatic heterocycles. The molecular weight excluding hydrogens is 481 g/mol. The van der Waals surface area contributed by atoms with Crippen molar-refractivity contribution < 1.29 is 14.0 Å². The maximum Gasteiger partial charge on any atom is 0.250 e. The van der Waals surface area contributed by atoms with Crippen LogP contribution < -0.4 is 16.0 Å². The van der Waals surface area contributed by atoms with Crippen molar-refractivity contribution in [2.45, 2.75) is 19.8 Å². The van der Waals surface area contributed by atoms with E-state index in [0.29, 0.717) is 44.9 Å². The van der Waals surface area contributed by atoms with Gasteiger partial charge in [0.05, 0.1) is 10.0 Å². The first-order valence-electron chi connectivity index (χ1n) is 10.1. The number of benzene rings is 2. The van der Waals surface area contributed by atoms with Gasteiger partial charge in [0.1, 0.15) is 11.5 Å². The van der Waals surface area contributed by atoms with Crippen LogP contribution in [0.4, 0.5) is 11.4 Å². The van der Waals surface area contributed by atoms with Gasteiger partial charge in [-0.15, -0.1) is 0 Å². The van der Waals surface area contributed by atoms with Gasteiger partial charge in [-0.1, -0.05) is 42.3 Å². The van der Waals surface area contributed by atoms with Crippen molar-refractivity contribution in [3.63, 3.8) is 0 Å². The maximum atomic E-state index is 12.2. The summed E-state index contributed by atoms with van der Waals surface area (Å²) in [5.74, 6) is 0.504. The molecule has 0 saturated heterocycles. The lowest BCUT2D eigenvalue weighted by Crippen LogP contribution is -2.32. The van der Waals surface area contributed by atoms with E-state index in [4.69, 9.17) is 39.8 Å². The maximum absolute atomic E-state index is 12.2. The first kappa shape index (κ1) is 24.5. The first-order valence-corrected chi connectivity index (χ1v) is 11.3. The van der Waals surface area contributed by atoms with E-state index in [1.165, 1.54) is 12.2 Å². The predicted octanol–water partition coefficient (Wildman–Crippen LogP) is 6.52. The summed E-state index contributed by atoms with van der Waals surface area (Å²) in [6.45, 7) is 1.94. The number of halogens is 2. The Labute approximate surface area is 207 Å². The third-order valence-electron chi connectivity index (χ3n) is 4.36. The lowest BCUT2D eigenvalue weighted by Gasteiger charge is -2.10. The van der Waals surface area contributed by atoms with Crippen LogP contribution in [0.3, 0.4) is 0 Å². The highest BCUT2D eigenvalue weighted by atomic mass is 35.5. The summed E-state index contributed by atoms with van der Waals surface area (Å²) >= 11 is 17.5. The molecule has 0 spiro atoms. The minimum atomic E-state index is -0.432. The van der Waals surface area contributed by atoms with Crippen LogP contribution in [0.5, 0.6) is 0 Å². The van der Waals surface area contributed by atoms with Crippen LogP contribution in [0.1, 0.15) is 25.5 Å². The molecule has 3 rings (SSSR count). The SMILES string of the molecule is CCCC(=O)Nc1cccc(NC(=S)NC(=O)C=Cc2ccc(-c3cccc(Cl)c3Cl)o2)c1. The summed E-state index contributed by atoms with van der Waals surface area (Å²) in [5, 5.41) is 9.23. The van der Waals surface area contributed by atoms with E-state index < -0.39 is 5.91 Å². The summed E-state index contributed by atoms with van der Waals surface area (Å²) < 4.78 is 5.73. The molecule has 170 valence electrons. The summed E-state index contributed by atoms with van der Waals surface area (Å²) in [4.78, 5) is 24.0. The van der Waals surface area contributed by atoms with Gasteiger partial charge in [-0.05, 0) is 67.2 Å². The van der Waals surface area contributed by atoms with E-state index in [2.05, 4.69) is 16.0 Å². The molecule has 33 heavy (non-hydrogen) atoms. The van der Waals surface area contributed by atoms with Crippen molar-refractivity contribution in [2.75, 3.05) is 10.6 Å². The molecule has 3 N–H and O–H groups in total. The van der Waals surface area contributed by atoms with Gasteiger partial charge in [-0.3, -0.25) is 14.9 Å². The van der Waals surface area contributed by atoms with Gasteiger partial charge >= 0.3 is 0 Å². The lowest BCUT2D eigenvalue weighted by atomic mass is 10.2. The van der Waals surface area contributed by atoms with E-state index in [1.54, 1.807) is 54.6 Å². The summed E-state index contributed by atoms with van der Waals surface area (Å²) in [6, 6.07) is 15.8. The molecule has 1 aromatic heterocycles. The smallest absolute Gasteiger partial charge is 0.250 e. The van der Waals surface area contributed by atoms with E-state index >= 15 is 0 Å². The Kier molecular flexibility index (Phi) is 8.65. The standard InChI is InChI=1S/C24H21Cl2N3O3S/c1-2-5-21(30)27-15-6-3-7-16(14-15)28-24(33)29-22(31)13-11-17-10-12-20(32-17)18-8-4-9-19(25)23(18)26/h3-4,6-14H,2,5H2,1H3,(H,27,30)(H2,28,29,31,33). The highest BCUT2D eigenvalue weighted by molar-refractivity contribution is 7.80. The molecule has 0 unspecified atom stereocenters. The number of hydrogen-bond donors (Lipinski definition) is 3. The zero-order valence-corrected chi connectivity index (χ0v) is 20.0. The number of hydrogen-bond acceptors (Lipinski definition) is 4. The Bertz CT molecular complexity index is 1210. The normalized spacial score (nSPS) is 10.8. The first-order chi connectivity index (χ1) is 15.9. The van der Waals surface area contributed by atoms with Crippen molar-refractivity contribution in [2.24, 2.45) is 0 Å². The van der Waals surface area contributed by atoms with Crippen LogP contribution in [-0.4, -0.2) is 16.9 Å². The van der Waals surface area contributed by atoms with Crippen LogP contribution in [0, 0.1) is 0 Å². The third-order valence-corrected chi connectivity index (χ3v) is 5.38. The summed E-state index contributed by atoms with van der Waals surface area (Å²) in [5.41, 5.74) is 1.93. The van der Waals surface area contributed by atoms with Gasteiger partial charge in [-0.25, -0.2) is 0 Å². The van der Waals surface area contributed by atoms with Crippen LogP contribution in [0.25, 0.3) is 17.4 Å². The number of nitrogens with one attached hydrogen (secondary N) is 3. The predicted molar refractivity (Wildman–Crippen MR) is 138 cm³/mol. The Morgan fingerprint density at radius 2 is 1.76 bits per heavy atom. The monoisotopic (exact) mass is 501 g/mol. The molecule has 0 atom stereocenters. The number of carbonyl (C=O) groups is 2. The quantitative estimate of drug-likeness (QED) is 0.253. The minimum Gasteiger partial charge on any atom is -0.457 e. The van der Waals surface area contributed by atoms with Gasteiger partial charge in [0, 0.05) is 29.4 Å². The number of thiocarbonyl (C=S) groups is 1.